The van der Waals surface area contributed by atoms with Crippen LogP contribution in [0.2, 0.25) is 0 Å². The van der Waals surface area contributed by atoms with Gasteiger partial charge in [0.1, 0.15) is 0 Å². The molecule has 1 aliphatic heterocycles. The number of aldehydes is 1. The third kappa shape index (κ3) is 3.66. The Morgan fingerprint density at radius 2 is 1.91 bits per heavy atom. The molecule has 1 aromatic rings. The molecule has 1 aliphatic carbocycles. The number of piperidine rings is 1. The second-order valence-electron chi connectivity index (χ2n) is 6.93. The number of hydrogen-bond acceptors (Lipinski definition) is 4. The molecule has 4 nitrogen and oxygen atoms in total. The van der Waals surface area contributed by atoms with E-state index in [1.165, 1.54) is 11.3 Å². The minimum absolute atomic E-state index is 0.125. The number of nitrogens with zero attached hydrogens (tertiary/aromatic N) is 1. The first-order chi connectivity index (χ1) is 11.2. The molecule has 1 amide bonds. The fourth-order valence-corrected chi connectivity index (χ4v) is 4.55. The zero-order valence-corrected chi connectivity index (χ0v) is 14.6. The molecule has 2 fully saturated rings. The van der Waals surface area contributed by atoms with Crippen molar-refractivity contribution in [1.82, 2.24) is 5.32 Å². The SMILES string of the molecule is C[C@H]1CC[C@H](C(=O)N(c2ccsc2C=O)C2CCNCC2)CC1. The summed E-state index contributed by atoms with van der Waals surface area (Å²) in [7, 11) is 0. The van der Waals surface area contributed by atoms with Gasteiger partial charge < -0.3 is 10.2 Å². The first kappa shape index (κ1) is 16.7. The van der Waals surface area contributed by atoms with Crippen molar-refractivity contribution in [3.8, 4) is 0 Å². The van der Waals surface area contributed by atoms with Crippen LogP contribution in [0, 0.1) is 11.8 Å². The maximum absolute atomic E-state index is 13.3. The van der Waals surface area contributed by atoms with Gasteiger partial charge in [-0.1, -0.05) is 6.92 Å². The van der Waals surface area contributed by atoms with Crippen molar-refractivity contribution in [2.45, 2.75) is 51.5 Å². The largest absolute Gasteiger partial charge is 0.317 e. The van der Waals surface area contributed by atoms with Crippen molar-refractivity contribution in [2.24, 2.45) is 11.8 Å². The first-order valence-corrected chi connectivity index (χ1v) is 9.65. The van der Waals surface area contributed by atoms with Gasteiger partial charge in [-0.25, -0.2) is 0 Å². The smallest absolute Gasteiger partial charge is 0.230 e. The molecule has 1 aromatic heterocycles. The van der Waals surface area contributed by atoms with Gasteiger partial charge in [-0.2, -0.15) is 0 Å². The summed E-state index contributed by atoms with van der Waals surface area (Å²) in [5.74, 6) is 1.10. The fraction of sp³-hybridized carbons (Fsp3) is 0.667. The molecule has 0 radical (unpaired) electrons. The van der Waals surface area contributed by atoms with Gasteiger partial charge in [0.2, 0.25) is 5.91 Å². The predicted molar refractivity (Wildman–Crippen MR) is 94.2 cm³/mol. The number of thiophene rings is 1. The van der Waals surface area contributed by atoms with Crippen LogP contribution >= 0.6 is 11.3 Å². The summed E-state index contributed by atoms with van der Waals surface area (Å²) >= 11 is 1.43. The molecule has 1 N–H and O–H groups in total. The highest BCUT2D eigenvalue weighted by molar-refractivity contribution is 7.12. The summed E-state index contributed by atoms with van der Waals surface area (Å²) in [6, 6.07) is 2.16. The average Bonchev–Trinajstić information content (AvgIpc) is 3.05. The first-order valence-electron chi connectivity index (χ1n) is 8.77. The summed E-state index contributed by atoms with van der Waals surface area (Å²) in [5, 5.41) is 5.28. The molecule has 0 unspecified atom stereocenters. The van der Waals surface area contributed by atoms with Gasteiger partial charge in [-0.3, -0.25) is 9.59 Å². The third-order valence-corrected chi connectivity index (χ3v) is 6.15. The van der Waals surface area contributed by atoms with Gasteiger partial charge in [0.05, 0.1) is 10.6 Å². The van der Waals surface area contributed by atoms with Crippen LogP contribution in [0.3, 0.4) is 0 Å². The number of nitrogens with one attached hydrogen (secondary N) is 1. The Kier molecular flexibility index (Phi) is 5.49. The maximum Gasteiger partial charge on any atom is 0.230 e. The lowest BCUT2D eigenvalue weighted by molar-refractivity contribution is -0.124. The Bertz CT molecular complexity index is 543. The fourth-order valence-electron chi connectivity index (χ4n) is 3.87. The van der Waals surface area contributed by atoms with E-state index in [4.69, 9.17) is 0 Å². The van der Waals surface area contributed by atoms with Crippen molar-refractivity contribution in [2.75, 3.05) is 18.0 Å². The molecule has 0 spiro atoms. The van der Waals surface area contributed by atoms with E-state index in [-0.39, 0.29) is 17.9 Å². The van der Waals surface area contributed by atoms with Crippen LogP contribution in [0.1, 0.15) is 55.1 Å². The van der Waals surface area contributed by atoms with E-state index in [0.29, 0.717) is 4.88 Å². The summed E-state index contributed by atoms with van der Waals surface area (Å²) in [6.07, 6.45) is 7.07. The van der Waals surface area contributed by atoms with Gasteiger partial charge in [-0.15, -0.1) is 11.3 Å². The van der Waals surface area contributed by atoms with Gasteiger partial charge in [0.15, 0.2) is 6.29 Å². The minimum Gasteiger partial charge on any atom is -0.317 e. The van der Waals surface area contributed by atoms with Crippen LogP contribution in [0.5, 0.6) is 0 Å². The van der Waals surface area contributed by atoms with Crippen molar-refractivity contribution in [3.05, 3.63) is 16.3 Å². The number of rotatable bonds is 4. The second kappa shape index (κ2) is 7.58. The molecule has 126 valence electrons. The summed E-state index contributed by atoms with van der Waals surface area (Å²) in [4.78, 5) is 27.3. The van der Waals surface area contributed by atoms with Crippen molar-refractivity contribution in [1.29, 1.82) is 0 Å². The Morgan fingerprint density at radius 1 is 1.22 bits per heavy atom. The normalized spacial score (nSPS) is 26.0. The van der Waals surface area contributed by atoms with Gasteiger partial charge in [0.25, 0.3) is 0 Å². The predicted octanol–water partition coefficient (Wildman–Crippen LogP) is 3.47. The minimum atomic E-state index is 0.125. The Morgan fingerprint density at radius 3 is 2.57 bits per heavy atom. The van der Waals surface area contributed by atoms with E-state index in [2.05, 4.69) is 12.2 Å². The van der Waals surface area contributed by atoms with Gasteiger partial charge in [0, 0.05) is 12.0 Å². The van der Waals surface area contributed by atoms with Crippen LogP contribution in [0.15, 0.2) is 11.4 Å². The third-order valence-electron chi connectivity index (χ3n) is 5.32. The molecule has 23 heavy (non-hydrogen) atoms. The summed E-state index contributed by atoms with van der Waals surface area (Å²) in [6.45, 7) is 4.15. The van der Waals surface area contributed by atoms with Crippen LogP contribution in [-0.4, -0.2) is 31.3 Å². The summed E-state index contributed by atoms with van der Waals surface area (Å²) < 4.78 is 0. The Labute approximate surface area is 142 Å². The lowest BCUT2D eigenvalue weighted by Gasteiger charge is -2.38. The van der Waals surface area contributed by atoms with Gasteiger partial charge >= 0.3 is 0 Å². The van der Waals surface area contributed by atoms with Crippen LogP contribution in [0.25, 0.3) is 0 Å². The number of carbonyl (C=O) groups excluding carboxylic acids is 2. The van der Waals surface area contributed by atoms with Crippen molar-refractivity contribution < 1.29 is 9.59 Å². The highest BCUT2D eigenvalue weighted by Crippen LogP contribution is 2.35. The Hall–Kier alpha value is -1.20. The number of amides is 1. The quantitative estimate of drug-likeness (QED) is 0.858. The monoisotopic (exact) mass is 334 g/mol. The zero-order valence-electron chi connectivity index (χ0n) is 13.8. The molecular weight excluding hydrogens is 308 g/mol. The molecule has 2 aliphatic rings. The van der Waals surface area contributed by atoms with Gasteiger partial charge in [-0.05, 0) is 69.0 Å². The highest BCUT2D eigenvalue weighted by Gasteiger charge is 2.34. The lowest BCUT2D eigenvalue weighted by atomic mass is 9.82. The lowest BCUT2D eigenvalue weighted by Crippen LogP contribution is -2.49. The van der Waals surface area contributed by atoms with Crippen LogP contribution in [-0.2, 0) is 4.79 Å². The highest BCUT2D eigenvalue weighted by atomic mass is 32.1. The van der Waals surface area contributed by atoms with Crippen LogP contribution in [0.4, 0.5) is 5.69 Å². The zero-order chi connectivity index (χ0) is 16.2. The molecule has 0 aromatic carbocycles. The summed E-state index contributed by atoms with van der Waals surface area (Å²) in [5.41, 5.74) is 0.834. The Balaban J connectivity index is 1.85. The molecule has 0 bridgehead atoms. The molecule has 0 atom stereocenters. The number of anilines is 1. The molecule has 3 rings (SSSR count). The van der Waals surface area contributed by atoms with E-state index >= 15 is 0 Å². The van der Waals surface area contributed by atoms with Crippen molar-refractivity contribution >= 4 is 29.2 Å². The molecule has 1 saturated carbocycles. The van der Waals surface area contributed by atoms with E-state index in [1.54, 1.807) is 0 Å². The average molecular weight is 334 g/mol. The molecular formula is C18H26N2O2S. The van der Waals surface area contributed by atoms with Crippen molar-refractivity contribution in [3.63, 3.8) is 0 Å². The van der Waals surface area contributed by atoms with Crippen LogP contribution < -0.4 is 10.2 Å². The van der Waals surface area contributed by atoms with E-state index < -0.39 is 0 Å². The second-order valence-corrected chi connectivity index (χ2v) is 7.88. The van der Waals surface area contributed by atoms with E-state index in [0.717, 1.165) is 69.5 Å². The van der Waals surface area contributed by atoms with E-state index in [9.17, 15) is 9.59 Å². The number of carbonyl (C=O) groups is 2. The molecule has 2 heterocycles. The maximum atomic E-state index is 13.3. The molecule has 5 heteroatoms. The standard InChI is InChI=1S/C18H26N2O2S/c1-13-2-4-14(5-3-13)18(22)20(15-6-9-19-10-7-15)16-8-11-23-17(16)12-21/h8,11-15,19H,2-7,9-10H2,1H3/t13-,14-. The number of hydrogen-bond donors (Lipinski definition) is 1. The molecule has 1 saturated heterocycles. The topological polar surface area (TPSA) is 49.4 Å². The van der Waals surface area contributed by atoms with E-state index in [1.807, 2.05) is 16.3 Å².